The maximum atomic E-state index is 13.0. The number of pyridine rings is 1. The van der Waals surface area contributed by atoms with E-state index < -0.39 is 5.97 Å². The standard InChI is InChI=1S/C30H29N5O4S/c1-38-25-14-4-3-11-22(25)32-26(36)15-18-35-28(27(33-30(35)40)23-12-5-6-16-31-23)24-13-8-17-34(24)21-10-7-9-20(19-21)29(37)39-2/h3-14,16-17,19,27-28H,15,18H2,1-2H3,(H,32,36)(H,33,40)/t27-,28+/m0/s1. The maximum Gasteiger partial charge on any atom is 0.337 e. The summed E-state index contributed by atoms with van der Waals surface area (Å²) in [6.07, 6.45) is 3.89. The minimum absolute atomic E-state index is 0.159. The second-order valence-electron chi connectivity index (χ2n) is 9.16. The van der Waals surface area contributed by atoms with Crippen molar-refractivity contribution in [2.45, 2.75) is 18.5 Å². The molecule has 3 heterocycles. The highest BCUT2D eigenvalue weighted by Crippen LogP contribution is 2.39. The van der Waals surface area contributed by atoms with Crippen LogP contribution in [0.4, 0.5) is 5.69 Å². The number of hydrogen-bond acceptors (Lipinski definition) is 6. The van der Waals surface area contributed by atoms with Crippen LogP contribution in [0.3, 0.4) is 0 Å². The normalized spacial score (nSPS) is 16.4. The van der Waals surface area contributed by atoms with Crippen molar-refractivity contribution in [3.8, 4) is 11.4 Å². The minimum Gasteiger partial charge on any atom is -0.495 e. The van der Waals surface area contributed by atoms with Crippen LogP contribution in [-0.2, 0) is 9.53 Å². The second kappa shape index (κ2) is 12.0. The van der Waals surface area contributed by atoms with E-state index in [1.54, 1.807) is 37.6 Å². The third kappa shape index (κ3) is 5.52. The molecule has 5 rings (SSSR count). The van der Waals surface area contributed by atoms with E-state index in [2.05, 4.69) is 15.6 Å². The Kier molecular flexibility index (Phi) is 8.07. The molecule has 2 atom stereocenters. The van der Waals surface area contributed by atoms with Gasteiger partial charge in [-0.1, -0.05) is 24.3 Å². The van der Waals surface area contributed by atoms with Crippen molar-refractivity contribution in [3.63, 3.8) is 0 Å². The molecule has 2 aromatic carbocycles. The average molecular weight is 556 g/mol. The molecule has 2 aromatic heterocycles. The monoisotopic (exact) mass is 555 g/mol. The molecule has 4 aromatic rings. The van der Waals surface area contributed by atoms with Crippen molar-refractivity contribution in [2.24, 2.45) is 0 Å². The number of ether oxygens (including phenoxy) is 2. The van der Waals surface area contributed by atoms with Gasteiger partial charge in [-0.05, 0) is 66.8 Å². The smallest absolute Gasteiger partial charge is 0.337 e. The van der Waals surface area contributed by atoms with Gasteiger partial charge in [0.2, 0.25) is 5.91 Å². The first-order valence-corrected chi connectivity index (χ1v) is 13.2. The molecular weight excluding hydrogens is 526 g/mol. The van der Waals surface area contributed by atoms with Crippen molar-refractivity contribution in [1.29, 1.82) is 0 Å². The Labute approximate surface area is 237 Å². The van der Waals surface area contributed by atoms with Crippen molar-refractivity contribution in [1.82, 2.24) is 19.8 Å². The molecule has 10 heteroatoms. The largest absolute Gasteiger partial charge is 0.495 e. The summed E-state index contributed by atoms with van der Waals surface area (Å²) in [6.45, 7) is 0.369. The third-order valence-electron chi connectivity index (χ3n) is 6.79. The van der Waals surface area contributed by atoms with Gasteiger partial charge < -0.3 is 29.6 Å². The lowest BCUT2D eigenvalue weighted by atomic mass is 10.0. The average Bonchev–Trinajstić information content (AvgIpc) is 3.60. The van der Waals surface area contributed by atoms with Gasteiger partial charge in [-0.2, -0.15) is 0 Å². The van der Waals surface area contributed by atoms with E-state index in [0.29, 0.717) is 28.7 Å². The molecule has 0 unspecified atom stereocenters. The van der Waals surface area contributed by atoms with Gasteiger partial charge in [0.15, 0.2) is 5.11 Å². The van der Waals surface area contributed by atoms with E-state index in [-0.39, 0.29) is 24.4 Å². The van der Waals surface area contributed by atoms with Crippen LogP contribution in [0.5, 0.6) is 5.75 Å². The lowest BCUT2D eigenvalue weighted by molar-refractivity contribution is -0.116. The zero-order chi connectivity index (χ0) is 28.1. The van der Waals surface area contributed by atoms with E-state index >= 15 is 0 Å². The van der Waals surface area contributed by atoms with E-state index in [4.69, 9.17) is 21.7 Å². The van der Waals surface area contributed by atoms with E-state index in [1.165, 1.54) is 7.11 Å². The molecule has 204 valence electrons. The van der Waals surface area contributed by atoms with E-state index in [1.807, 2.05) is 70.3 Å². The number of para-hydroxylation sites is 2. The molecule has 0 radical (unpaired) electrons. The fraction of sp³-hybridized carbons (Fsp3) is 0.200. The number of amides is 1. The highest BCUT2D eigenvalue weighted by Gasteiger charge is 2.41. The van der Waals surface area contributed by atoms with Crippen molar-refractivity contribution in [2.75, 3.05) is 26.1 Å². The van der Waals surface area contributed by atoms with Crippen molar-refractivity contribution >= 4 is 34.9 Å². The fourth-order valence-corrected chi connectivity index (χ4v) is 5.25. The predicted octanol–water partition coefficient (Wildman–Crippen LogP) is 4.67. The molecule has 1 saturated heterocycles. The molecule has 0 spiro atoms. The summed E-state index contributed by atoms with van der Waals surface area (Å²) in [5.41, 5.74) is 3.61. The first kappa shape index (κ1) is 26.9. The van der Waals surface area contributed by atoms with Gasteiger partial charge in [0, 0.05) is 36.7 Å². The van der Waals surface area contributed by atoms with Gasteiger partial charge in [0.05, 0.1) is 43.2 Å². The van der Waals surface area contributed by atoms with Gasteiger partial charge in [-0.3, -0.25) is 9.78 Å². The Morgan fingerprint density at radius 1 is 1.02 bits per heavy atom. The summed E-state index contributed by atoms with van der Waals surface area (Å²) in [4.78, 5) is 31.8. The third-order valence-corrected chi connectivity index (χ3v) is 7.14. The molecule has 1 aliphatic heterocycles. The summed E-state index contributed by atoms with van der Waals surface area (Å²) in [5.74, 6) is 0.0242. The summed E-state index contributed by atoms with van der Waals surface area (Å²) in [6, 6.07) is 23.7. The summed E-state index contributed by atoms with van der Waals surface area (Å²) in [7, 11) is 2.93. The number of methoxy groups -OCH3 is 2. The first-order valence-electron chi connectivity index (χ1n) is 12.8. The highest BCUT2D eigenvalue weighted by atomic mass is 32.1. The summed E-state index contributed by atoms with van der Waals surface area (Å²) in [5, 5.41) is 6.89. The van der Waals surface area contributed by atoms with Crippen LogP contribution in [-0.4, -0.2) is 52.2 Å². The zero-order valence-electron chi connectivity index (χ0n) is 22.1. The summed E-state index contributed by atoms with van der Waals surface area (Å²) < 4.78 is 12.3. The minimum atomic E-state index is -0.409. The number of benzene rings is 2. The number of thiocarbonyl (C=S) groups is 1. The fourth-order valence-electron chi connectivity index (χ4n) is 4.92. The number of nitrogens with zero attached hydrogens (tertiary/aromatic N) is 3. The quantitative estimate of drug-likeness (QED) is 0.227. The molecule has 0 aliphatic carbocycles. The lowest BCUT2D eigenvalue weighted by Crippen LogP contribution is -2.33. The van der Waals surface area contributed by atoms with Gasteiger partial charge in [0.25, 0.3) is 0 Å². The molecule has 9 nitrogen and oxygen atoms in total. The first-order chi connectivity index (χ1) is 19.5. The van der Waals surface area contributed by atoms with Crippen LogP contribution in [0, 0.1) is 0 Å². The number of carbonyl (C=O) groups excluding carboxylic acids is 2. The molecule has 0 saturated carbocycles. The SMILES string of the molecule is COC(=O)c1cccc(-n2cccc2[C@@H]2[C@H](c3ccccn3)NC(=S)N2CCC(=O)Nc2ccccc2OC)c1. The number of hydrogen-bond donors (Lipinski definition) is 2. The summed E-state index contributed by atoms with van der Waals surface area (Å²) >= 11 is 5.79. The molecular formula is C30H29N5O4S. The van der Waals surface area contributed by atoms with Gasteiger partial charge >= 0.3 is 5.97 Å². The molecule has 0 bridgehead atoms. The molecule has 1 amide bonds. The Hall–Kier alpha value is -4.70. The van der Waals surface area contributed by atoms with Gasteiger partial charge in [-0.25, -0.2) is 4.79 Å². The number of carbonyl (C=O) groups is 2. The van der Waals surface area contributed by atoms with Crippen LogP contribution >= 0.6 is 12.2 Å². The highest BCUT2D eigenvalue weighted by molar-refractivity contribution is 7.80. The van der Waals surface area contributed by atoms with Crippen LogP contribution in [0.1, 0.15) is 40.3 Å². The Morgan fingerprint density at radius 3 is 2.62 bits per heavy atom. The van der Waals surface area contributed by atoms with Crippen LogP contribution in [0.2, 0.25) is 0 Å². The van der Waals surface area contributed by atoms with Crippen LogP contribution in [0.25, 0.3) is 5.69 Å². The van der Waals surface area contributed by atoms with E-state index in [9.17, 15) is 9.59 Å². The van der Waals surface area contributed by atoms with Crippen LogP contribution < -0.4 is 15.4 Å². The Balaban J connectivity index is 1.46. The van der Waals surface area contributed by atoms with Crippen molar-refractivity contribution < 1.29 is 19.1 Å². The predicted molar refractivity (Wildman–Crippen MR) is 156 cm³/mol. The Morgan fingerprint density at radius 2 is 1.85 bits per heavy atom. The number of rotatable bonds is 9. The molecule has 2 N–H and O–H groups in total. The van der Waals surface area contributed by atoms with Gasteiger partial charge in [0.1, 0.15) is 5.75 Å². The van der Waals surface area contributed by atoms with Crippen molar-refractivity contribution in [3.05, 3.63) is 108 Å². The molecule has 40 heavy (non-hydrogen) atoms. The van der Waals surface area contributed by atoms with E-state index in [0.717, 1.165) is 17.1 Å². The number of anilines is 1. The maximum absolute atomic E-state index is 13.0. The number of esters is 1. The van der Waals surface area contributed by atoms with Crippen LogP contribution in [0.15, 0.2) is 91.3 Å². The lowest BCUT2D eigenvalue weighted by Gasteiger charge is -2.29. The Bertz CT molecular complexity index is 1520. The topological polar surface area (TPSA) is 97.7 Å². The molecule has 1 fully saturated rings. The molecule has 1 aliphatic rings. The number of nitrogens with one attached hydrogen (secondary N) is 2. The second-order valence-corrected chi connectivity index (χ2v) is 9.55. The number of aromatic nitrogens is 2. The zero-order valence-corrected chi connectivity index (χ0v) is 22.9. The van der Waals surface area contributed by atoms with Gasteiger partial charge in [-0.15, -0.1) is 0 Å².